The Balaban J connectivity index is 3.13. The molecule has 0 saturated heterocycles. The summed E-state index contributed by atoms with van der Waals surface area (Å²) >= 11 is 0. The molecule has 2 aromatic rings. The van der Waals surface area contributed by atoms with Crippen LogP contribution in [0.2, 0.25) is 0 Å². The van der Waals surface area contributed by atoms with Crippen LogP contribution >= 0.6 is 0 Å². The molecular formula is C29H32. The lowest BCUT2D eigenvalue weighted by Gasteiger charge is -2.39. The molecule has 0 saturated carbocycles. The first-order valence-electron chi connectivity index (χ1n) is 10.1. The van der Waals surface area contributed by atoms with E-state index in [0.717, 1.165) is 11.1 Å². The minimum absolute atomic E-state index is 0.156. The van der Waals surface area contributed by atoms with Crippen LogP contribution in [0.3, 0.4) is 0 Å². The summed E-state index contributed by atoms with van der Waals surface area (Å²) in [5.41, 5.74) is 5.15. The predicted octanol–water partition coefficient (Wildman–Crippen LogP) is 7.99. The van der Waals surface area contributed by atoms with Gasteiger partial charge >= 0.3 is 0 Å². The maximum atomic E-state index is 4.56. The van der Waals surface area contributed by atoms with Crippen LogP contribution in [0.1, 0.15) is 31.9 Å². The maximum absolute atomic E-state index is 4.56. The number of rotatable bonds is 9. The highest BCUT2D eigenvalue weighted by Gasteiger charge is 2.40. The van der Waals surface area contributed by atoms with Crippen LogP contribution in [-0.4, -0.2) is 0 Å². The monoisotopic (exact) mass is 380 g/mol. The van der Waals surface area contributed by atoms with Crippen molar-refractivity contribution in [2.75, 3.05) is 0 Å². The molecule has 0 amide bonds. The molecule has 2 aromatic carbocycles. The van der Waals surface area contributed by atoms with Gasteiger partial charge in [0.1, 0.15) is 0 Å². The fourth-order valence-electron chi connectivity index (χ4n) is 4.00. The topological polar surface area (TPSA) is 0 Å². The quantitative estimate of drug-likeness (QED) is 0.305. The first-order chi connectivity index (χ1) is 14.1. The summed E-state index contributed by atoms with van der Waals surface area (Å²) in [4.78, 5) is 0. The molecule has 0 spiro atoms. The van der Waals surface area contributed by atoms with Gasteiger partial charge in [-0.15, -0.1) is 6.58 Å². The zero-order valence-electron chi connectivity index (χ0n) is 17.9. The van der Waals surface area contributed by atoms with Gasteiger partial charge in [-0.2, -0.15) is 0 Å². The van der Waals surface area contributed by atoms with Crippen LogP contribution in [0.15, 0.2) is 134 Å². The van der Waals surface area contributed by atoms with Gasteiger partial charge in [-0.1, -0.05) is 117 Å². The smallest absolute Gasteiger partial charge is 0.0698 e. The van der Waals surface area contributed by atoms with Crippen LogP contribution in [0.5, 0.6) is 0 Å². The zero-order chi connectivity index (χ0) is 21.3. The molecule has 0 fully saturated rings. The molecule has 0 aliphatic heterocycles. The Bertz CT molecular complexity index is 881. The summed E-state index contributed by atoms with van der Waals surface area (Å²) in [6.45, 7) is 19.0. The van der Waals surface area contributed by atoms with Crippen LogP contribution in [0.4, 0.5) is 0 Å². The number of hydrogen-bond donors (Lipinski definition) is 0. The van der Waals surface area contributed by atoms with Crippen LogP contribution in [0, 0.1) is 5.92 Å². The molecule has 0 aliphatic rings. The molecule has 0 aliphatic carbocycles. The second-order valence-corrected chi connectivity index (χ2v) is 7.10. The third kappa shape index (κ3) is 4.32. The molecule has 0 aromatic heterocycles. The van der Waals surface area contributed by atoms with Gasteiger partial charge < -0.3 is 0 Å². The van der Waals surface area contributed by atoms with E-state index in [4.69, 9.17) is 0 Å². The third-order valence-electron chi connectivity index (χ3n) is 5.38. The third-order valence-corrected chi connectivity index (χ3v) is 5.38. The molecule has 0 radical (unpaired) electrons. The summed E-state index contributed by atoms with van der Waals surface area (Å²) < 4.78 is 0. The van der Waals surface area contributed by atoms with Gasteiger partial charge in [0.05, 0.1) is 5.41 Å². The number of hydrogen-bond acceptors (Lipinski definition) is 0. The van der Waals surface area contributed by atoms with Crippen molar-refractivity contribution in [2.45, 2.75) is 26.2 Å². The van der Waals surface area contributed by atoms with Gasteiger partial charge in [0.25, 0.3) is 0 Å². The Morgan fingerprint density at radius 2 is 1.31 bits per heavy atom. The fraction of sp³-hybridized carbons (Fsp3) is 0.172. The molecule has 0 nitrogen and oxygen atoms in total. The van der Waals surface area contributed by atoms with Crippen molar-refractivity contribution in [1.29, 1.82) is 0 Å². The van der Waals surface area contributed by atoms with Crippen molar-refractivity contribution in [3.05, 3.63) is 145 Å². The Morgan fingerprint density at radius 1 is 0.828 bits per heavy atom. The van der Waals surface area contributed by atoms with E-state index < -0.39 is 5.41 Å². The summed E-state index contributed by atoms with van der Waals surface area (Å²) in [5.74, 6) is 0.156. The minimum atomic E-state index is -0.539. The van der Waals surface area contributed by atoms with E-state index in [0.29, 0.717) is 0 Å². The Labute approximate surface area is 177 Å². The zero-order valence-corrected chi connectivity index (χ0v) is 17.9. The van der Waals surface area contributed by atoms with Crippen molar-refractivity contribution in [1.82, 2.24) is 0 Å². The number of allylic oxidation sites excluding steroid dienone is 9. The molecule has 148 valence electrons. The first-order valence-corrected chi connectivity index (χ1v) is 10.1. The van der Waals surface area contributed by atoms with E-state index in [1.54, 1.807) is 0 Å². The second kappa shape index (κ2) is 10.4. The average Bonchev–Trinajstić information content (AvgIpc) is 2.76. The van der Waals surface area contributed by atoms with E-state index in [-0.39, 0.29) is 5.92 Å². The van der Waals surface area contributed by atoms with Gasteiger partial charge in [0.2, 0.25) is 0 Å². The maximum Gasteiger partial charge on any atom is 0.0698 e. The summed E-state index contributed by atoms with van der Waals surface area (Å²) in [7, 11) is 0. The molecule has 0 heteroatoms. The van der Waals surface area contributed by atoms with E-state index in [1.165, 1.54) is 16.7 Å². The summed E-state index contributed by atoms with van der Waals surface area (Å²) in [6.07, 6.45) is 12.4. The van der Waals surface area contributed by atoms with Crippen molar-refractivity contribution in [3.8, 4) is 0 Å². The van der Waals surface area contributed by atoms with E-state index >= 15 is 0 Å². The van der Waals surface area contributed by atoms with Gasteiger partial charge in [0, 0.05) is 0 Å². The van der Waals surface area contributed by atoms with Crippen LogP contribution in [0.25, 0.3) is 0 Å². The van der Waals surface area contributed by atoms with E-state index in [9.17, 15) is 0 Å². The largest absolute Gasteiger partial charge is 0.102 e. The fourth-order valence-corrected chi connectivity index (χ4v) is 4.00. The van der Waals surface area contributed by atoms with Crippen molar-refractivity contribution in [2.24, 2.45) is 5.92 Å². The molecule has 1 unspecified atom stereocenters. The Hall–Kier alpha value is -3.12. The Morgan fingerprint density at radius 3 is 1.69 bits per heavy atom. The van der Waals surface area contributed by atoms with Gasteiger partial charge in [-0.3, -0.25) is 0 Å². The van der Waals surface area contributed by atoms with E-state index in [1.807, 2.05) is 19.1 Å². The van der Waals surface area contributed by atoms with Gasteiger partial charge in [0.15, 0.2) is 0 Å². The standard InChI is InChI=1S/C29H32/c1-7-17-24(6)29(25-19-13-11-14-20-25,26-21-15-12-16-22-26)28(18-8-2)27(10-4)23(5)9-3/h7-23H,3-4,6H2,1-2,5H3/b17-7-,18-8-,28-27-. The molecule has 0 heterocycles. The van der Waals surface area contributed by atoms with Crippen molar-refractivity contribution >= 4 is 0 Å². The highest BCUT2D eigenvalue weighted by molar-refractivity contribution is 5.64. The van der Waals surface area contributed by atoms with Gasteiger partial charge in [-0.05, 0) is 47.6 Å². The molecule has 1 atom stereocenters. The highest BCUT2D eigenvalue weighted by Crippen LogP contribution is 2.48. The van der Waals surface area contributed by atoms with Crippen LogP contribution in [-0.2, 0) is 5.41 Å². The van der Waals surface area contributed by atoms with Crippen molar-refractivity contribution in [3.63, 3.8) is 0 Å². The average molecular weight is 381 g/mol. The predicted molar refractivity (Wildman–Crippen MR) is 129 cm³/mol. The lowest BCUT2D eigenvalue weighted by Crippen LogP contribution is -2.33. The van der Waals surface area contributed by atoms with Crippen LogP contribution < -0.4 is 0 Å². The molecule has 29 heavy (non-hydrogen) atoms. The van der Waals surface area contributed by atoms with Gasteiger partial charge in [-0.25, -0.2) is 0 Å². The molecule has 0 N–H and O–H groups in total. The minimum Gasteiger partial charge on any atom is -0.102 e. The summed E-state index contributed by atoms with van der Waals surface area (Å²) in [6, 6.07) is 21.2. The van der Waals surface area contributed by atoms with Crippen molar-refractivity contribution < 1.29 is 0 Å². The second-order valence-electron chi connectivity index (χ2n) is 7.10. The normalized spacial score (nSPS) is 13.9. The molecule has 0 bridgehead atoms. The lowest BCUT2D eigenvalue weighted by atomic mass is 9.62. The first kappa shape index (κ1) is 22.2. The SMILES string of the molecule is C=C/C(=C(\C=C/C)C(C(=C)/C=C\C)(c1ccccc1)c1ccccc1)C(C)C=C. The molecule has 2 rings (SSSR count). The number of benzene rings is 2. The summed E-state index contributed by atoms with van der Waals surface area (Å²) in [5, 5.41) is 0. The molecular weight excluding hydrogens is 348 g/mol. The lowest BCUT2D eigenvalue weighted by molar-refractivity contribution is 0.718. The Kier molecular flexibility index (Phi) is 7.98. The van der Waals surface area contributed by atoms with E-state index in [2.05, 4.69) is 119 Å². The highest BCUT2D eigenvalue weighted by atomic mass is 14.4.